The van der Waals surface area contributed by atoms with E-state index in [2.05, 4.69) is 32.2 Å². The number of halogens is 1. The van der Waals surface area contributed by atoms with Crippen molar-refractivity contribution >= 4 is 17.6 Å². The Bertz CT molecular complexity index is 1200. The van der Waals surface area contributed by atoms with E-state index >= 15 is 0 Å². The van der Waals surface area contributed by atoms with E-state index in [1.54, 1.807) is 4.68 Å². The molecular formula is C27H33FN4O3. The molecule has 8 heteroatoms. The van der Waals surface area contributed by atoms with Crippen LogP contribution in [0, 0.1) is 19.7 Å². The van der Waals surface area contributed by atoms with Gasteiger partial charge in [-0.3, -0.25) is 9.59 Å². The number of hydrogen-bond acceptors (Lipinski definition) is 4. The largest absolute Gasteiger partial charge is 0.383 e. The first-order valence-corrected chi connectivity index (χ1v) is 11.5. The molecule has 0 fully saturated rings. The van der Waals surface area contributed by atoms with Gasteiger partial charge in [-0.15, -0.1) is 0 Å². The van der Waals surface area contributed by atoms with Crippen molar-refractivity contribution in [2.45, 2.75) is 40.0 Å². The summed E-state index contributed by atoms with van der Waals surface area (Å²) in [6, 6.07) is 13.1. The van der Waals surface area contributed by atoms with E-state index in [0.29, 0.717) is 11.4 Å². The maximum atomic E-state index is 13.3. The number of anilines is 1. The van der Waals surface area contributed by atoms with Crippen molar-refractivity contribution in [2.24, 2.45) is 0 Å². The average Bonchev–Trinajstić information content (AvgIpc) is 3.20. The molecule has 2 amide bonds. The van der Waals surface area contributed by atoms with E-state index < -0.39 is 5.82 Å². The van der Waals surface area contributed by atoms with Crippen LogP contribution >= 0.6 is 0 Å². The van der Waals surface area contributed by atoms with Crippen molar-refractivity contribution in [3.8, 4) is 5.69 Å². The van der Waals surface area contributed by atoms with E-state index in [9.17, 15) is 14.0 Å². The first kappa shape index (κ1) is 26.1. The maximum absolute atomic E-state index is 13.3. The molecule has 1 heterocycles. The number of ether oxygens (including phenoxy) is 1. The number of carbonyl (C=O) groups is 2. The minimum Gasteiger partial charge on any atom is -0.383 e. The third-order valence-electron chi connectivity index (χ3n) is 5.60. The molecular weight excluding hydrogens is 447 g/mol. The molecule has 0 radical (unpaired) electrons. The number of amides is 2. The Morgan fingerprint density at radius 1 is 1.09 bits per heavy atom. The van der Waals surface area contributed by atoms with Crippen LogP contribution in [0.5, 0.6) is 0 Å². The normalized spacial score (nSPS) is 11.4. The fraction of sp³-hybridized carbons (Fsp3) is 0.370. The predicted octanol–water partition coefficient (Wildman–Crippen LogP) is 4.65. The summed E-state index contributed by atoms with van der Waals surface area (Å²) in [5.74, 6) is -0.664. The lowest BCUT2D eigenvalue weighted by molar-refractivity contribution is -0.117. The third kappa shape index (κ3) is 6.54. The molecule has 0 aliphatic carbocycles. The smallest absolute Gasteiger partial charge is 0.254 e. The first-order chi connectivity index (χ1) is 16.5. The second-order valence-electron chi connectivity index (χ2n) is 9.64. The van der Waals surface area contributed by atoms with Crippen LogP contribution in [0.1, 0.15) is 48.0 Å². The van der Waals surface area contributed by atoms with Gasteiger partial charge in [0.05, 0.1) is 18.0 Å². The number of benzene rings is 2. The van der Waals surface area contributed by atoms with Crippen molar-refractivity contribution in [1.29, 1.82) is 0 Å². The van der Waals surface area contributed by atoms with Gasteiger partial charge in [0.25, 0.3) is 5.91 Å². The van der Waals surface area contributed by atoms with Crippen molar-refractivity contribution in [3.05, 3.63) is 76.7 Å². The van der Waals surface area contributed by atoms with Crippen molar-refractivity contribution in [1.82, 2.24) is 14.7 Å². The second-order valence-corrected chi connectivity index (χ2v) is 9.64. The molecule has 0 atom stereocenters. The number of methoxy groups -OCH3 is 1. The Morgan fingerprint density at radius 2 is 1.77 bits per heavy atom. The summed E-state index contributed by atoms with van der Waals surface area (Å²) in [6.45, 7) is 10.5. The Balaban J connectivity index is 1.88. The molecule has 3 rings (SSSR count). The highest BCUT2D eigenvalue weighted by Crippen LogP contribution is 2.27. The number of nitrogens with zero attached hydrogens (tertiary/aromatic N) is 3. The van der Waals surface area contributed by atoms with Crippen molar-refractivity contribution in [2.75, 3.05) is 32.1 Å². The van der Waals surface area contributed by atoms with Gasteiger partial charge in [0, 0.05) is 30.7 Å². The van der Waals surface area contributed by atoms with E-state index in [1.165, 1.54) is 36.3 Å². The van der Waals surface area contributed by atoms with Gasteiger partial charge < -0.3 is 15.0 Å². The summed E-state index contributed by atoms with van der Waals surface area (Å²) < 4.78 is 20.2. The van der Waals surface area contributed by atoms with Gasteiger partial charge in [-0.2, -0.15) is 5.10 Å². The molecule has 0 aliphatic heterocycles. The zero-order valence-corrected chi connectivity index (χ0v) is 21.2. The minimum absolute atomic E-state index is 0.192. The lowest BCUT2D eigenvalue weighted by Gasteiger charge is -2.22. The Labute approximate surface area is 205 Å². The van der Waals surface area contributed by atoms with Gasteiger partial charge in [-0.05, 0) is 49.7 Å². The van der Waals surface area contributed by atoms with E-state index in [-0.39, 0.29) is 36.9 Å². The van der Waals surface area contributed by atoms with E-state index in [1.807, 2.05) is 32.0 Å². The monoisotopic (exact) mass is 480 g/mol. The molecule has 0 saturated heterocycles. The lowest BCUT2D eigenvalue weighted by Crippen LogP contribution is -2.40. The van der Waals surface area contributed by atoms with Gasteiger partial charge >= 0.3 is 0 Å². The first-order valence-electron chi connectivity index (χ1n) is 11.5. The van der Waals surface area contributed by atoms with Crippen LogP contribution in [-0.4, -0.2) is 53.3 Å². The number of hydrogen-bond donors (Lipinski definition) is 1. The molecule has 0 saturated carbocycles. The number of nitrogens with one attached hydrogen (secondary N) is 1. The third-order valence-corrected chi connectivity index (χ3v) is 5.60. The van der Waals surface area contributed by atoms with Gasteiger partial charge in [0.2, 0.25) is 5.91 Å². The van der Waals surface area contributed by atoms with Crippen LogP contribution in [0.2, 0.25) is 0 Å². The summed E-state index contributed by atoms with van der Waals surface area (Å²) in [4.78, 5) is 27.5. The van der Waals surface area contributed by atoms with Crippen LogP contribution < -0.4 is 5.32 Å². The zero-order chi connectivity index (χ0) is 25.8. The molecule has 7 nitrogen and oxygen atoms in total. The number of rotatable bonds is 8. The lowest BCUT2D eigenvalue weighted by atomic mass is 9.92. The number of aromatic nitrogens is 2. The fourth-order valence-corrected chi connectivity index (χ4v) is 3.65. The van der Waals surface area contributed by atoms with Crippen LogP contribution in [0.25, 0.3) is 5.69 Å². The van der Waals surface area contributed by atoms with Crippen LogP contribution in [0.4, 0.5) is 10.2 Å². The standard InChI is InChI=1S/C27H33FN4O3/c1-18-7-12-22(19(2)15-18)32-24(16-23(30-32)27(3,4)5)29-25(33)17-31(13-14-35-6)26(34)20-8-10-21(28)11-9-20/h7-12,15-16H,13-14,17H2,1-6H3,(H,29,33). The minimum atomic E-state index is -0.433. The van der Waals surface area contributed by atoms with Gasteiger partial charge in [0.1, 0.15) is 18.2 Å². The highest BCUT2D eigenvalue weighted by molar-refractivity contribution is 5.99. The van der Waals surface area contributed by atoms with Crippen molar-refractivity contribution in [3.63, 3.8) is 0 Å². The Hall–Kier alpha value is -3.52. The Morgan fingerprint density at radius 3 is 2.37 bits per heavy atom. The number of aryl methyl sites for hydroxylation is 2. The van der Waals surface area contributed by atoms with Crippen LogP contribution in [0.3, 0.4) is 0 Å². The zero-order valence-electron chi connectivity index (χ0n) is 21.2. The maximum Gasteiger partial charge on any atom is 0.254 e. The van der Waals surface area contributed by atoms with Crippen LogP contribution in [0.15, 0.2) is 48.5 Å². The average molecular weight is 481 g/mol. The van der Waals surface area contributed by atoms with E-state index in [0.717, 1.165) is 22.5 Å². The SMILES string of the molecule is COCCN(CC(=O)Nc1cc(C(C)(C)C)nn1-c1ccc(C)cc1C)C(=O)c1ccc(F)cc1. The molecule has 1 N–H and O–H groups in total. The fourth-order valence-electron chi connectivity index (χ4n) is 3.65. The summed E-state index contributed by atoms with van der Waals surface area (Å²) >= 11 is 0. The molecule has 0 unspecified atom stereocenters. The second kappa shape index (κ2) is 10.8. The molecule has 186 valence electrons. The summed E-state index contributed by atoms with van der Waals surface area (Å²) in [5.41, 5.74) is 3.91. The summed E-state index contributed by atoms with van der Waals surface area (Å²) in [5, 5.41) is 7.71. The van der Waals surface area contributed by atoms with Crippen LogP contribution in [-0.2, 0) is 14.9 Å². The van der Waals surface area contributed by atoms with Gasteiger partial charge in [-0.1, -0.05) is 38.5 Å². The van der Waals surface area contributed by atoms with Gasteiger partial charge in [-0.25, -0.2) is 9.07 Å². The number of carbonyl (C=O) groups excluding carboxylic acids is 2. The molecule has 3 aromatic rings. The topological polar surface area (TPSA) is 76.5 Å². The molecule has 0 spiro atoms. The molecule has 0 aliphatic rings. The van der Waals surface area contributed by atoms with E-state index in [4.69, 9.17) is 9.84 Å². The molecule has 0 bridgehead atoms. The van der Waals surface area contributed by atoms with Gasteiger partial charge in [0.15, 0.2) is 0 Å². The van der Waals surface area contributed by atoms with Crippen molar-refractivity contribution < 1.29 is 18.7 Å². The Kier molecular flexibility index (Phi) is 8.07. The summed E-state index contributed by atoms with van der Waals surface area (Å²) in [6.07, 6.45) is 0. The molecule has 2 aromatic carbocycles. The highest BCUT2D eigenvalue weighted by atomic mass is 19.1. The summed E-state index contributed by atoms with van der Waals surface area (Å²) in [7, 11) is 1.52. The predicted molar refractivity (Wildman–Crippen MR) is 135 cm³/mol. The molecule has 35 heavy (non-hydrogen) atoms. The molecule has 1 aromatic heterocycles. The highest BCUT2D eigenvalue weighted by Gasteiger charge is 2.24. The quantitative estimate of drug-likeness (QED) is 0.509.